The van der Waals surface area contributed by atoms with Gasteiger partial charge < -0.3 is 5.32 Å². The summed E-state index contributed by atoms with van der Waals surface area (Å²) in [6.07, 6.45) is 4.17. The van der Waals surface area contributed by atoms with Crippen LogP contribution >= 0.6 is 22.9 Å². The predicted octanol–water partition coefficient (Wildman–Crippen LogP) is 4.05. The number of piperidine rings is 1. The molecule has 1 aromatic heterocycles. The molecule has 12 heteroatoms. The lowest BCUT2D eigenvalue weighted by Gasteiger charge is -2.26. The first-order chi connectivity index (χ1) is 21.1. The summed E-state index contributed by atoms with van der Waals surface area (Å²) in [6, 6.07) is 21.5. The quantitative estimate of drug-likeness (QED) is 0.337. The highest BCUT2D eigenvalue weighted by Gasteiger charge is 2.26. The molecule has 0 unspecified atom stereocenters. The molecule has 1 aliphatic rings. The zero-order valence-electron chi connectivity index (χ0n) is 23.6. The number of rotatable bonds is 6. The van der Waals surface area contributed by atoms with Crippen LogP contribution in [0, 0.1) is 29.6 Å². The zero-order chi connectivity index (χ0) is 31.4. The summed E-state index contributed by atoms with van der Waals surface area (Å²) in [4.78, 5) is 27.4. The van der Waals surface area contributed by atoms with E-state index in [9.17, 15) is 23.3 Å². The van der Waals surface area contributed by atoms with Gasteiger partial charge in [0.05, 0.1) is 26.7 Å². The minimum atomic E-state index is -3.75. The smallest absolute Gasteiger partial charge is 0.273 e. The van der Waals surface area contributed by atoms with Crippen molar-refractivity contribution in [1.29, 1.82) is 10.5 Å². The van der Waals surface area contributed by atoms with Crippen molar-refractivity contribution in [2.24, 2.45) is 0 Å². The topological polar surface area (TPSA) is 136 Å². The minimum Gasteiger partial charge on any atom is -0.321 e. The van der Waals surface area contributed by atoms with Gasteiger partial charge in [-0.3, -0.25) is 14.2 Å². The molecule has 1 N–H and O–H groups in total. The number of carbonyl (C=O) groups excluding carboxylic acids is 1. The molecule has 0 atom stereocenters. The summed E-state index contributed by atoms with van der Waals surface area (Å²) < 4.78 is 29.5. The number of hydrogen-bond donors (Lipinski definition) is 1. The number of halogens is 1. The van der Waals surface area contributed by atoms with Gasteiger partial charge in [0.15, 0.2) is 5.57 Å². The van der Waals surface area contributed by atoms with Crippen LogP contribution in [0.5, 0.6) is 0 Å². The van der Waals surface area contributed by atoms with E-state index in [0.717, 1.165) is 30.6 Å². The molecule has 2 heterocycles. The van der Waals surface area contributed by atoms with E-state index in [-0.39, 0.29) is 25.4 Å². The molecule has 1 saturated heterocycles. The second-order valence-electron chi connectivity index (χ2n) is 10.1. The van der Waals surface area contributed by atoms with E-state index in [1.54, 1.807) is 55.5 Å². The van der Waals surface area contributed by atoms with Crippen LogP contribution in [0.4, 0.5) is 5.69 Å². The Kier molecular flexibility index (Phi) is 9.14. The number of hydrogen-bond acceptors (Lipinski definition) is 7. The Bertz CT molecular complexity index is 2130. The molecule has 44 heavy (non-hydrogen) atoms. The first kappa shape index (κ1) is 30.9. The molecule has 9 nitrogen and oxygen atoms in total. The van der Waals surface area contributed by atoms with Crippen molar-refractivity contribution in [3.8, 4) is 17.8 Å². The van der Waals surface area contributed by atoms with E-state index in [4.69, 9.17) is 16.9 Å². The molecule has 3 aromatic carbocycles. The summed E-state index contributed by atoms with van der Waals surface area (Å²) in [5.41, 5.74) is 1.49. The van der Waals surface area contributed by atoms with Crippen LogP contribution in [-0.4, -0.2) is 36.3 Å². The standard InChI is InChI=1S/C32H26ClN5O4S2/c1-21-27(33)9-6-10-28(21)38-31(40)29(17-22-11-13-23(19-34)14-12-22)43-32(38)26(20-35)30(39)36-24-7-5-8-25(18-24)44(41,42)37-15-3-2-4-16-37/h5-14,17-18H,2-4,15-16H2,1H3,(H,36,39)/b29-17+,32-26-. The fraction of sp³-hybridized carbons (Fsp3) is 0.188. The first-order valence-electron chi connectivity index (χ1n) is 13.7. The minimum absolute atomic E-state index is 0.0394. The molecule has 5 rings (SSSR count). The molecule has 1 aliphatic heterocycles. The third-order valence-electron chi connectivity index (χ3n) is 7.24. The van der Waals surface area contributed by atoms with Gasteiger partial charge in [0.1, 0.15) is 10.7 Å². The van der Waals surface area contributed by atoms with Crippen LogP contribution in [0.15, 0.2) is 76.4 Å². The van der Waals surface area contributed by atoms with Gasteiger partial charge in [0.2, 0.25) is 10.0 Å². The van der Waals surface area contributed by atoms with Crippen molar-refractivity contribution in [2.45, 2.75) is 31.1 Å². The summed E-state index contributed by atoms with van der Waals surface area (Å²) in [7, 11) is -3.75. The average Bonchev–Trinajstić information content (AvgIpc) is 3.34. The Morgan fingerprint density at radius 3 is 2.41 bits per heavy atom. The number of sulfonamides is 1. The third kappa shape index (κ3) is 6.23. The molecule has 4 aromatic rings. The highest BCUT2D eigenvalue weighted by atomic mass is 35.5. The molecule has 0 spiro atoms. The van der Waals surface area contributed by atoms with Crippen LogP contribution < -0.4 is 20.1 Å². The van der Waals surface area contributed by atoms with Gasteiger partial charge in [0, 0.05) is 23.8 Å². The Labute approximate surface area is 263 Å². The van der Waals surface area contributed by atoms with Gasteiger partial charge >= 0.3 is 0 Å². The Balaban J connectivity index is 1.63. The van der Waals surface area contributed by atoms with Gasteiger partial charge in [0.25, 0.3) is 11.5 Å². The van der Waals surface area contributed by atoms with E-state index in [2.05, 4.69) is 5.32 Å². The van der Waals surface area contributed by atoms with E-state index in [0.29, 0.717) is 40.5 Å². The van der Waals surface area contributed by atoms with Gasteiger partial charge in [-0.25, -0.2) is 8.42 Å². The van der Waals surface area contributed by atoms with Crippen molar-refractivity contribution >= 4 is 56.2 Å². The Hall–Kier alpha value is -4.52. The fourth-order valence-electron chi connectivity index (χ4n) is 4.89. The monoisotopic (exact) mass is 643 g/mol. The number of anilines is 1. The van der Waals surface area contributed by atoms with Gasteiger partial charge in [-0.2, -0.15) is 14.8 Å². The van der Waals surface area contributed by atoms with Crippen molar-refractivity contribution < 1.29 is 13.2 Å². The molecule has 0 aliphatic carbocycles. The van der Waals surface area contributed by atoms with Crippen molar-refractivity contribution in [3.05, 3.63) is 108 Å². The maximum absolute atomic E-state index is 13.8. The summed E-state index contributed by atoms with van der Waals surface area (Å²) >= 11 is 7.34. The highest BCUT2D eigenvalue weighted by molar-refractivity contribution is 7.89. The van der Waals surface area contributed by atoms with Gasteiger partial charge in [-0.05, 0) is 79.4 Å². The van der Waals surface area contributed by atoms with Crippen LogP contribution in [0.2, 0.25) is 5.02 Å². The molecular weight excluding hydrogens is 618 g/mol. The number of thiazole rings is 1. The largest absolute Gasteiger partial charge is 0.321 e. The normalized spacial score (nSPS) is 14.9. The SMILES string of the molecule is Cc1c(Cl)cccc1-n1c(=O)/c(=C\c2ccc(C#N)cc2)s/c1=C(/C#N)C(=O)Nc1cccc(S(=O)(=O)N2CCCCC2)c1. The van der Waals surface area contributed by atoms with Gasteiger partial charge in [-0.15, -0.1) is 11.3 Å². The zero-order valence-corrected chi connectivity index (χ0v) is 26.0. The molecule has 1 fully saturated rings. The van der Waals surface area contributed by atoms with E-state index >= 15 is 0 Å². The number of carbonyl (C=O) groups is 1. The van der Waals surface area contributed by atoms with Crippen molar-refractivity contribution in [1.82, 2.24) is 8.87 Å². The lowest BCUT2D eigenvalue weighted by atomic mass is 10.1. The summed E-state index contributed by atoms with van der Waals surface area (Å²) in [5, 5.41) is 22.4. The Morgan fingerprint density at radius 1 is 1.02 bits per heavy atom. The molecule has 0 radical (unpaired) electrons. The molecule has 222 valence electrons. The second-order valence-corrected chi connectivity index (χ2v) is 13.5. The van der Waals surface area contributed by atoms with E-state index in [1.165, 1.54) is 33.1 Å². The van der Waals surface area contributed by atoms with Crippen LogP contribution in [0.1, 0.15) is 36.0 Å². The summed E-state index contributed by atoms with van der Waals surface area (Å²) in [6.45, 7) is 2.60. The van der Waals surface area contributed by atoms with Crippen molar-refractivity contribution in [2.75, 3.05) is 18.4 Å². The van der Waals surface area contributed by atoms with Gasteiger partial charge in [-0.1, -0.05) is 42.3 Å². The molecular formula is C32H26ClN5O4S2. The predicted molar refractivity (Wildman–Crippen MR) is 170 cm³/mol. The third-order valence-corrected chi connectivity index (χ3v) is 10.6. The number of aromatic nitrogens is 1. The number of nitriles is 2. The van der Waals surface area contributed by atoms with E-state index < -0.39 is 21.5 Å². The molecule has 0 saturated carbocycles. The fourth-order valence-corrected chi connectivity index (χ4v) is 7.72. The second kappa shape index (κ2) is 13.0. The molecule has 1 amide bonds. The number of nitrogens with one attached hydrogen (secondary N) is 1. The number of nitrogens with zero attached hydrogens (tertiary/aromatic N) is 4. The number of amides is 1. The lowest BCUT2D eigenvalue weighted by Crippen LogP contribution is -2.35. The van der Waals surface area contributed by atoms with Crippen LogP contribution in [0.25, 0.3) is 17.3 Å². The lowest BCUT2D eigenvalue weighted by molar-refractivity contribution is -0.111. The highest BCUT2D eigenvalue weighted by Crippen LogP contribution is 2.24. The Morgan fingerprint density at radius 2 is 1.73 bits per heavy atom. The maximum Gasteiger partial charge on any atom is 0.273 e. The van der Waals surface area contributed by atoms with Crippen LogP contribution in [-0.2, 0) is 14.8 Å². The maximum atomic E-state index is 13.8. The first-order valence-corrected chi connectivity index (χ1v) is 16.3. The summed E-state index contributed by atoms with van der Waals surface area (Å²) in [5.74, 6) is -0.806. The van der Waals surface area contributed by atoms with Crippen LogP contribution in [0.3, 0.4) is 0 Å². The van der Waals surface area contributed by atoms with E-state index in [1.807, 2.05) is 12.1 Å². The number of benzene rings is 3. The molecule has 0 bridgehead atoms. The van der Waals surface area contributed by atoms with Crippen molar-refractivity contribution in [3.63, 3.8) is 0 Å². The average molecular weight is 644 g/mol.